The number of amides is 3. The summed E-state index contributed by atoms with van der Waals surface area (Å²) in [6, 6.07) is 12.6. The molecule has 128 valence electrons. The highest BCUT2D eigenvalue weighted by Crippen LogP contribution is 2.24. The van der Waals surface area contributed by atoms with Crippen LogP contribution >= 0.6 is 11.3 Å². The summed E-state index contributed by atoms with van der Waals surface area (Å²) in [5, 5.41) is 7.07. The lowest BCUT2D eigenvalue weighted by molar-refractivity contribution is -0.125. The second kappa shape index (κ2) is 9.20. The molecule has 2 N–H and O–H groups in total. The van der Waals surface area contributed by atoms with Gasteiger partial charge in [-0.05, 0) is 30.5 Å². The van der Waals surface area contributed by atoms with E-state index in [2.05, 4.69) is 21.6 Å². The van der Waals surface area contributed by atoms with E-state index < -0.39 is 12.1 Å². The monoisotopic (exact) mass is 345 g/mol. The lowest BCUT2D eigenvalue weighted by Gasteiger charge is -2.29. The quantitative estimate of drug-likeness (QED) is 0.810. The summed E-state index contributed by atoms with van der Waals surface area (Å²) < 4.78 is 0. The van der Waals surface area contributed by atoms with Gasteiger partial charge in [0.25, 0.3) is 0 Å². The second-order valence-corrected chi connectivity index (χ2v) is 6.34. The van der Waals surface area contributed by atoms with Crippen LogP contribution in [0.15, 0.2) is 47.8 Å². The standard InChI is InChI=1S/C18H23N3O2S/c1-3-19-18(23)20-17(22)16(14-9-6-5-7-10-14)21(4-2)13-15-11-8-12-24-15/h5-12,16H,3-4,13H2,1-2H3,(H2,19,20,22,23)/t16-/m0/s1. The number of carbonyl (C=O) groups is 2. The zero-order chi connectivity index (χ0) is 17.4. The Kier molecular flexibility index (Phi) is 6.96. The number of nitrogens with zero attached hydrogens (tertiary/aromatic N) is 1. The largest absolute Gasteiger partial charge is 0.338 e. The average molecular weight is 345 g/mol. The van der Waals surface area contributed by atoms with Gasteiger partial charge in [0.1, 0.15) is 6.04 Å². The minimum Gasteiger partial charge on any atom is -0.338 e. The minimum absolute atomic E-state index is 0.314. The van der Waals surface area contributed by atoms with Crippen molar-refractivity contribution < 1.29 is 9.59 Å². The highest BCUT2D eigenvalue weighted by Gasteiger charge is 2.28. The van der Waals surface area contributed by atoms with E-state index in [1.807, 2.05) is 55.6 Å². The van der Waals surface area contributed by atoms with E-state index >= 15 is 0 Å². The van der Waals surface area contributed by atoms with E-state index in [0.717, 1.165) is 5.56 Å². The third-order valence-corrected chi connectivity index (χ3v) is 4.51. The van der Waals surface area contributed by atoms with Crippen molar-refractivity contribution in [3.63, 3.8) is 0 Å². The molecular formula is C18H23N3O2S. The predicted octanol–water partition coefficient (Wildman–Crippen LogP) is 3.16. The fourth-order valence-electron chi connectivity index (χ4n) is 2.54. The topological polar surface area (TPSA) is 61.4 Å². The summed E-state index contributed by atoms with van der Waals surface area (Å²) in [5.41, 5.74) is 0.873. The molecule has 2 rings (SSSR count). The molecular weight excluding hydrogens is 322 g/mol. The lowest BCUT2D eigenvalue weighted by Crippen LogP contribution is -2.46. The van der Waals surface area contributed by atoms with Gasteiger partial charge in [0, 0.05) is 18.0 Å². The summed E-state index contributed by atoms with van der Waals surface area (Å²) in [5.74, 6) is -0.314. The Morgan fingerprint density at radius 3 is 2.46 bits per heavy atom. The molecule has 0 unspecified atom stereocenters. The molecule has 2 aromatic rings. The first-order chi connectivity index (χ1) is 11.7. The molecule has 0 spiro atoms. The Morgan fingerprint density at radius 1 is 1.12 bits per heavy atom. The zero-order valence-electron chi connectivity index (χ0n) is 14.0. The van der Waals surface area contributed by atoms with E-state index in [9.17, 15) is 9.59 Å². The maximum absolute atomic E-state index is 12.7. The van der Waals surface area contributed by atoms with Crippen LogP contribution in [-0.4, -0.2) is 29.9 Å². The second-order valence-electron chi connectivity index (χ2n) is 5.30. The summed E-state index contributed by atoms with van der Waals surface area (Å²) in [7, 11) is 0. The molecule has 0 saturated heterocycles. The third kappa shape index (κ3) is 4.91. The highest BCUT2D eigenvalue weighted by molar-refractivity contribution is 7.09. The van der Waals surface area contributed by atoms with Gasteiger partial charge in [-0.1, -0.05) is 43.3 Å². The summed E-state index contributed by atoms with van der Waals surface area (Å²) in [6.07, 6.45) is 0. The Hall–Kier alpha value is -2.18. The van der Waals surface area contributed by atoms with Gasteiger partial charge in [-0.25, -0.2) is 4.79 Å². The maximum Gasteiger partial charge on any atom is 0.321 e. The molecule has 0 fully saturated rings. The molecule has 1 heterocycles. The van der Waals surface area contributed by atoms with Crippen molar-refractivity contribution in [1.29, 1.82) is 0 Å². The summed E-state index contributed by atoms with van der Waals surface area (Å²) >= 11 is 1.66. The van der Waals surface area contributed by atoms with Crippen molar-refractivity contribution in [1.82, 2.24) is 15.5 Å². The normalized spacial score (nSPS) is 12.0. The van der Waals surface area contributed by atoms with Crippen LogP contribution in [-0.2, 0) is 11.3 Å². The van der Waals surface area contributed by atoms with Crippen LogP contribution in [0.5, 0.6) is 0 Å². The van der Waals surface area contributed by atoms with Crippen molar-refractivity contribution in [2.45, 2.75) is 26.4 Å². The van der Waals surface area contributed by atoms with E-state index in [4.69, 9.17) is 0 Å². The van der Waals surface area contributed by atoms with E-state index in [1.165, 1.54) is 4.88 Å². The molecule has 1 aromatic carbocycles. The number of carbonyl (C=O) groups excluding carboxylic acids is 2. The number of benzene rings is 1. The molecule has 1 atom stereocenters. The summed E-state index contributed by atoms with van der Waals surface area (Å²) in [4.78, 5) is 27.8. The first-order valence-corrected chi connectivity index (χ1v) is 8.93. The number of urea groups is 1. The molecule has 0 aliphatic carbocycles. The SMILES string of the molecule is CCNC(=O)NC(=O)[C@H](c1ccccc1)N(CC)Cc1cccs1. The fourth-order valence-corrected chi connectivity index (χ4v) is 3.27. The van der Waals surface area contributed by atoms with Crippen molar-refractivity contribution >= 4 is 23.3 Å². The van der Waals surface area contributed by atoms with Gasteiger partial charge in [0.15, 0.2) is 0 Å². The predicted molar refractivity (Wildman–Crippen MR) is 96.8 cm³/mol. The van der Waals surface area contributed by atoms with Crippen molar-refractivity contribution in [3.8, 4) is 0 Å². The number of hydrogen-bond acceptors (Lipinski definition) is 4. The van der Waals surface area contributed by atoms with Gasteiger partial charge >= 0.3 is 6.03 Å². The van der Waals surface area contributed by atoms with Crippen LogP contribution in [0.1, 0.15) is 30.3 Å². The number of thiophene rings is 1. The number of nitrogens with one attached hydrogen (secondary N) is 2. The molecule has 0 radical (unpaired) electrons. The average Bonchev–Trinajstić information content (AvgIpc) is 3.08. The molecule has 0 aliphatic heterocycles. The van der Waals surface area contributed by atoms with Crippen molar-refractivity contribution in [2.24, 2.45) is 0 Å². The fraction of sp³-hybridized carbons (Fsp3) is 0.333. The van der Waals surface area contributed by atoms with Crippen LogP contribution < -0.4 is 10.6 Å². The van der Waals surface area contributed by atoms with Gasteiger partial charge in [0.2, 0.25) is 5.91 Å². The molecule has 0 aliphatic rings. The Morgan fingerprint density at radius 2 is 1.88 bits per heavy atom. The highest BCUT2D eigenvalue weighted by atomic mass is 32.1. The van der Waals surface area contributed by atoms with Gasteiger partial charge in [0.05, 0.1) is 0 Å². The van der Waals surface area contributed by atoms with E-state index in [-0.39, 0.29) is 5.91 Å². The van der Waals surface area contributed by atoms with Crippen molar-refractivity contribution in [2.75, 3.05) is 13.1 Å². The maximum atomic E-state index is 12.7. The molecule has 5 nitrogen and oxygen atoms in total. The van der Waals surface area contributed by atoms with Crippen LogP contribution in [0, 0.1) is 0 Å². The van der Waals surface area contributed by atoms with Crippen LogP contribution in [0.4, 0.5) is 4.79 Å². The number of likely N-dealkylation sites (N-methyl/N-ethyl adjacent to an activating group) is 1. The van der Waals surface area contributed by atoms with Crippen LogP contribution in [0.2, 0.25) is 0 Å². The first-order valence-electron chi connectivity index (χ1n) is 8.05. The molecule has 0 saturated carbocycles. The first kappa shape index (κ1) is 18.2. The molecule has 24 heavy (non-hydrogen) atoms. The Labute approximate surface area is 146 Å². The number of rotatable bonds is 7. The van der Waals surface area contributed by atoms with Gasteiger partial charge in [-0.15, -0.1) is 11.3 Å². The Balaban J connectivity index is 2.24. The van der Waals surface area contributed by atoms with E-state index in [1.54, 1.807) is 11.3 Å². The van der Waals surface area contributed by atoms with Crippen molar-refractivity contribution in [3.05, 3.63) is 58.3 Å². The van der Waals surface area contributed by atoms with Gasteiger partial charge in [-0.3, -0.25) is 15.0 Å². The third-order valence-electron chi connectivity index (χ3n) is 3.65. The number of hydrogen-bond donors (Lipinski definition) is 2. The zero-order valence-corrected chi connectivity index (χ0v) is 14.8. The number of imide groups is 1. The minimum atomic E-state index is -0.513. The smallest absolute Gasteiger partial charge is 0.321 e. The van der Waals surface area contributed by atoms with E-state index in [0.29, 0.717) is 19.6 Å². The van der Waals surface area contributed by atoms with Crippen LogP contribution in [0.25, 0.3) is 0 Å². The molecule has 3 amide bonds. The van der Waals surface area contributed by atoms with Crippen LogP contribution in [0.3, 0.4) is 0 Å². The molecule has 1 aromatic heterocycles. The van der Waals surface area contributed by atoms with Gasteiger partial charge < -0.3 is 5.32 Å². The Bertz CT molecular complexity index is 644. The van der Waals surface area contributed by atoms with Gasteiger partial charge in [-0.2, -0.15) is 0 Å². The lowest BCUT2D eigenvalue weighted by atomic mass is 10.0. The molecule has 0 bridgehead atoms. The summed E-state index contributed by atoms with van der Waals surface area (Å²) in [6.45, 7) is 5.66. The molecule has 6 heteroatoms.